The molecular weight excluding hydrogens is 596 g/mol. The van der Waals surface area contributed by atoms with E-state index in [0.29, 0.717) is 0 Å². The van der Waals surface area contributed by atoms with Crippen LogP contribution in [0.1, 0.15) is 170 Å². The average molecular weight is 671 g/mol. The van der Waals surface area contributed by atoms with E-state index in [2.05, 4.69) is 41.5 Å². The van der Waals surface area contributed by atoms with Crippen molar-refractivity contribution in [1.29, 1.82) is 0 Å². The van der Waals surface area contributed by atoms with E-state index < -0.39 is 0 Å². The van der Waals surface area contributed by atoms with Crippen molar-refractivity contribution in [3.63, 3.8) is 0 Å². The Labute approximate surface area is 264 Å². The van der Waals surface area contributed by atoms with Crippen molar-refractivity contribution in [2.45, 2.75) is 170 Å². The summed E-state index contributed by atoms with van der Waals surface area (Å²) < 4.78 is 2.89. The quantitative estimate of drug-likeness (QED) is 0.0810. The third-order valence-electron chi connectivity index (χ3n) is 8.93. The van der Waals surface area contributed by atoms with E-state index >= 15 is 0 Å². The van der Waals surface area contributed by atoms with Gasteiger partial charge in [0.05, 0.1) is 52.4 Å². The Hall–Kier alpha value is 0.880. The fraction of sp³-hybridized carbons (Fsp3) is 1.00. The first kappa shape index (κ1) is 43.3. The Morgan fingerprint density at radius 1 is 0.237 bits per heavy atom. The fourth-order valence-electron chi connectivity index (χ4n) is 6.42. The molecule has 0 saturated carbocycles. The largest absolute Gasteiger partial charge is 1.00 e. The summed E-state index contributed by atoms with van der Waals surface area (Å²) in [6.45, 7) is 25.8. The van der Waals surface area contributed by atoms with Gasteiger partial charge in [-0.05, 0) is 77.0 Å². The van der Waals surface area contributed by atoms with E-state index in [1.165, 1.54) is 190 Å². The molecule has 0 aliphatic rings. The molecule has 0 N–H and O–H groups in total. The van der Waals surface area contributed by atoms with Gasteiger partial charge in [-0.1, -0.05) is 80.1 Å². The molecule has 0 unspecified atom stereocenters. The van der Waals surface area contributed by atoms with Crippen LogP contribution in [0.4, 0.5) is 0 Å². The predicted octanol–water partition coefficient (Wildman–Crippen LogP) is 4.55. The zero-order valence-corrected chi connectivity index (χ0v) is 30.6. The maximum atomic E-state index is 2.37. The minimum absolute atomic E-state index is 0. The van der Waals surface area contributed by atoms with Gasteiger partial charge in [-0.3, -0.25) is 0 Å². The summed E-state index contributed by atoms with van der Waals surface area (Å²) in [4.78, 5) is 0. The lowest BCUT2D eigenvalue weighted by atomic mass is 10.1. The smallest absolute Gasteiger partial charge is 0.0788 e. The SMILES string of the molecule is CCCCC[N+](CCCCC)(CCCCC)CCCC[N+](CCCCC)(CCCCC)CCCCC.[Br-].[Br-]. The molecule has 0 radical (unpaired) electrons. The van der Waals surface area contributed by atoms with Gasteiger partial charge in [0.25, 0.3) is 0 Å². The van der Waals surface area contributed by atoms with Crippen molar-refractivity contribution in [2.24, 2.45) is 0 Å². The van der Waals surface area contributed by atoms with Crippen LogP contribution in [0.5, 0.6) is 0 Å². The van der Waals surface area contributed by atoms with Crippen LogP contribution in [0.25, 0.3) is 0 Å². The normalized spacial score (nSPS) is 11.8. The lowest BCUT2D eigenvalue weighted by molar-refractivity contribution is -0.935. The second kappa shape index (κ2) is 30.8. The Morgan fingerprint density at radius 2 is 0.368 bits per heavy atom. The first-order chi connectivity index (χ1) is 17.6. The summed E-state index contributed by atoms with van der Waals surface area (Å²) in [6.07, 6.45) is 28.3. The van der Waals surface area contributed by atoms with Gasteiger partial charge in [-0.2, -0.15) is 0 Å². The van der Waals surface area contributed by atoms with Crippen LogP contribution in [0.15, 0.2) is 0 Å². The topological polar surface area (TPSA) is 0 Å². The summed E-state index contributed by atoms with van der Waals surface area (Å²) in [7, 11) is 0. The van der Waals surface area contributed by atoms with Crippen molar-refractivity contribution in [3.05, 3.63) is 0 Å². The lowest BCUT2D eigenvalue weighted by Gasteiger charge is -2.41. The minimum atomic E-state index is 0. The first-order valence-corrected chi connectivity index (χ1v) is 17.3. The monoisotopic (exact) mass is 668 g/mol. The second-order valence-electron chi connectivity index (χ2n) is 12.4. The number of halogens is 2. The van der Waals surface area contributed by atoms with Crippen molar-refractivity contribution in [3.8, 4) is 0 Å². The summed E-state index contributed by atoms with van der Waals surface area (Å²) >= 11 is 0. The van der Waals surface area contributed by atoms with Crippen molar-refractivity contribution in [1.82, 2.24) is 0 Å². The van der Waals surface area contributed by atoms with E-state index in [1.54, 1.807) is 0 Å². The molecule has 0 heterocycles. The van der Waals surface area contributed by atoms with E-state index in [1.807, 2.05) is 0 Å². The maximum Gasteiger partial charge on any atom is 0.0788 e. The Morgan fingerprint density at radius 3 is 0.500 bits per heavy atom. The molecule has 0 amide bonds. The Balaban J connectivity index is -0.00000612. The number of quaternary nitrogens is 2. The van der Waals surface area contributed by atoms with Crippen LogP contribution in [0.2, 0.25) is 0 Å². The van der Waals surface area contributed by atoms with Crippen LogP contribution >= 0.6 is 0 Å². The molecule has 4 heteroatoms. The second-order valence-corrected chi connectivity index (χ2v) is 12.4. The molecule has 0 aromatic carbocycles. The Bertz CT molecular complexity index is 351. The molecule has 0 aliphatic carbocycles. The molecule has 0 atom stereocenters. The number of hydrogen-bond acceptors (Lipinski definition) is 0. The van der Waals surface area contributed by atoms with Gasteiger partial charge in [0.15, 0.2) is 0 Å². The minimum Gasteiger partial charge on any atom is -1.00 e. The molecule has 0 saturated heterocycles. The average Bonchev–Trinajstić information content (AvgIpc) is 2.87. The zero-order valence-electron chi connectivity index (χ0n) is 27.4. The number of unbranched alkanes of at least 4 members (excludes halogenated alkanes) is 13. The van der Waals surface area contributed by atoms with Crippen LogP contribution < -0.4 is 34.0 Å². The lowest BCUT2D eigenvalue weighted by Crippen LogP contribution is -3.00. The van der Waals surface area contributed by atoms with Crippen LogP contribution in [0.3, 0.4) is 0 Å². The Kier molecular flexibility index (Phi) is 35.2. The summed E-state index contributed by atoms with van der Waals surface area (Å²) in [5.41, 5.74) is 0. The molecule has 234 valence electrons. The highest BCUT2D eigenvalue weighted by atomic mass is 79.9. The predicted molar refractivity (Wildman–Crippen MR) is 166 cm³/mol. The highest BCUT2D eigenvalue weighted by Gasteiger charge is 2.29. The molecular formula is C34H74Br2N2. The molecule has 0 aliphatic heterocycles. The van der Waals surface area contributed by atoms with Crippen LogP contribution in [0, 0.1) is 0 Å². The molecule has 0 fully saturated rings. The fourth-order valence-corrected chi connectivity index (χ4v) is 6.42. The number of rotatable bonds is 29. The van der Waals surface area contributed by atoms with Gasteiger partial charge < -0.3 is 42.9 Å². The standard InChI is InChI=1S/C34H74N2.2BrH/c1-7-13-19-27-35(28-20-14-8-2,29-21-15-9-3)33-25-26-34-36(30-22-16-10-4,31-23-17-11-5)32-24-18-12-6;;/h7-34H2,1-6H3;2*1H/q+2;;/p-2. The summed E-state index contributed by atoms with van der Waals surface area (Å²) in [5.74, 6) is 0. The van der Waals surface area contributed by atoms with Crippen molar-refractivity contribution in [2.75, 3.05) is 52.4 Å². The van der Waals surface area contributed by atoms with Gasteiger partial charge in [-0.15, -0.1) is 0 Å². The zero-order chi connectivity index (χ0) is 26.8. The summed E-state index contributed by atoms with van der Waals surface area (Å²) in [6, 6.07) is 0. The first-order valence-electron chi connectivity index (χ1n) is 17.3. The van der Waals surface area contributed by atoms with E-state index in [4.69, 9.17) is 0 Å². The van der Waals surface area contributed by atoms with E-state index in [0.717, 1.165) is 0 Å². The van der Waals surface area contributed by atoms with E-state index in [-0.39, 0.29) is 34.0 Å². The van der Waals surface area contributed by atoms with Gasteiger partial charge in [0, 0.05) is 12.8 Å². The molecule has 0 aromatic rings. The van der Waals surface area contributed by atoms with Gasteiger partial charge in [-0.25, -0.2) is 0 Å². The molecule has 0 rings (SSSR count). The molecule has 0 bridgehead atoms. The molecule has 2 nitrogen and oxygen atoms in total. The molecule has 0 spiro atoms. The maximum absolute atomic E-state index is 2.37. The molecule has 0 aromatic heterocycles. The van der Waals surface area contributed by atoms with Crippen molar-refractivity contribution < 1.29 is 42.9 Å². The van der Waals surface area contributed by atoms with Gasteiger partial charge >= 0.3 is 0 Å². The van der Waals surface area contributed by atoms with Crippen LogP contribution in [-0.2, 0) is 0 Å². The highest BCUT2D eigenvalue weighted by molar-refractivity contribution is 4.55. The van der Waals surface area contributed by atoms with Crippen LogP contribution in [-0.4, -0.2) is 61.3 Å². The molecule has 38 heavy (non-hydrogen) atoms. The van der Waals surface area contributed by atoms with Crippen molar-refractivity contribution >= 4 is 0 Å². The van der Waals surface area contributed by atoms with Gasteiger partial charge in [0.1, 0.15) is 0 Å². The third kappa shape index (κ3) is 22.6. The number of nitrogens with zero attached hydrogens (tertiary/aromatic N) is 2. The number of hydrogen-bond donors (Lipinski definition) is 0. The highest BCUT2D eigenvalue weighted by Crippen LogP contribution is 2.21. The third-order valence-corrected chi connectivity index (χ3v) is 8.93. The van der Waals surface area contributed by atoms with E-state index in [9.17, 15) is 0 Å². The summed E-state index contributed by atoms with van der Waals surface area (Å²) in [5, 5.41) is 0. The van der Waals surface area contributed by atoms with Gasteiger partial charge in [0.2, 0.25) is 0 Å².